The van der Waals surface area contributed by atoms with Gasteiger partial charge in [0.05, 0.1) is 52.6 Å². The van der Waals surface area contributed by atoms with Crippen LogP contribution < -0.4 is 10.1 Å². The normalized spacial score (nSPS) is 23.3. The van der Waals surface area contributed by atoms with Gasteiger partial charge >= 0.3 is 0 Å². The Kier molecular flexibility index (Phi) is 12.3. The number of hydrogen-bond acceptors (Lipinski definition) is 6. The van der Waals surface area contributed by atoms with Crippen LogP contribution in [0.2, 0.25) is 0 Å². The van der Waals surface area contributed by atoms with Gasteiger partial charge in [-0.05, 0) is 73.6 Å². The van der Waals surface area contributed by atoms with E-state index in [1.165, 1.54) is 5.56 Å². The Morgan fingerprint density at radius 1 is 0.892 bits per heavy atom. The van der Waals surface area contributed by atoms with Crippen LogP contribution in [0.4, 0.5) is 4.39 Å². The lowest BCUT2D eigenvalue weighted by Crippen LogP contribution is -2.52. The van der Waals surface area contributed by atoms with Crippen molar-refractivity contribution < 1.29 is 32.9 Å². The van der Waals surface area contributed by atoms with E-state index in [0.29, 0.717) is 71.1 Å². The summed E-state index contributed by atoms with van der Waals surface area (Å²) in [4.78, 5) is 13.1. The number of carbonyl (C=O) groups is 1. The first kappa shape index (κ1) is 29.6. The fourth-order valence-electron chi connectivity index (χ4n) is 5.36. The highest BCUT2D eigenvalue weighted by atomic mass is 19.1. The smallest absolute Gasteiger partial charge is 0.226 e. The van der Waals surface area contributed by atoms with Gasteiger partial charge < -0.3 is 29.0 Å². The molecular formula is C29H44FNO6. The van der Waals surface area contributed by atoms with E-state index in [4.69, 9.17) is 23.7 Å². The lowest BCUT2D eigenvalue weighted by Gasteiger charge is -2.52. The monoisotopic (exact) mass is 521 g/mol. The highest BCUT2D eigenvalue weighted by molar-refractivity contribution is 5.83. The first-order valence-corrected chi connectivity index (χ1v) is 13.6. The van der Waals surface area contributed by atoms with Gasteiger partial charge in [0.15, 0.2) is 0 Å². The highest BCUT2D eigenvalue weighted by Crippen LogP contribution is 2.57. The number of hydrogen-bond donors (Lipinski definition) is 1. The summed E-state index contributed by atoms with van der Waals surface area (Å²) in [5, 5.41) is 3.11. The van der Waals surface area contributed by atoms with Gasteiger partial charge in [-0.1, -0.05) is 19.1 Å². The quantitative estimate of drug-likeness (QED) is 0.282. The molecule has 8 heteroatoms. The molecule has 1 N–H and O–H groups in total. The topological polar surface area (TPSA) is 75.3 Å². The molecule has 3 aliphatic carbocycles. The first-order chi connectivity index (χ1) is 18.1. The highest BCUT2D eigenvalue weighted by Gasteiger charge is 2.52. The molecule has 0 heterocycles. The summed E-state index contributed by atoms with van der Waals surface area (Å²) >= 11 is 0. The Morgan fingerprint density at radius 2 is 1.46 bits per heavy atom. The van der Waals surface area contributed by atoms with Crippen LogP contribution in [-0.4, -0.2) is 72.4 Å². The van der Waals surface area contributed by atoms with Gasteiger partial charge in [-0.25, -0.2) is 4.39 Å². The molecule has 0 spiro atoms. The number of methoxy groups -OCH3 is 1. The van der Waals surface area contributed by atoms with Gasteiger partial charge in [0, 0.05) is 19.1 Å². The molecule has 7 nitrogen and oxygen atoms in total. The molecule has 208 valence electrons. The average Bonchev–Trinajstić information content (AvgIpc) is 2.95. The molecule has 3 saturated carbocycles. The lowest BCUT2D eigenvalue weighted by atomic mass is 9.51. The Balaban J connectivity index is 1.32. The number of fused-ring (bicyclic) bond motifs is 3. The summed E-state index contributed by atoms with van der Waals surface area (Å²) in [6.45, 7) is 6.43. The van der Waals surface area contributed by atoms with Crippen LogP contribution in [0.25, 0.3) is 0 Å². The molecule has 37 heavy (non-hydrogen) atoms. The molecule has 0 radical (unpaired) electrons. The van der Waals surface area contributed by atoms with E-state index in [1.54, 1.807) is 7.11 Å². The molecule has 4 rings (SSSR count). The van der Waals surface area contributed by atoms with Crippen molar-refractivity contribution in [3.8, 4) is 5.75 Å². The molecule has 3 aliphatic rings. The second-order valence-corrected chi connectivity index (χ2v) is 10.1. The molecule has 0 atom stereocenters. The summed E-state index contributed by atoms with van der Waals surface area (Å²) in [6.07, 6.45) is 7.09. The van der Waals surface area contributed by atoms with Gasteiger partial charge in [0.2, 0.25) is 5.91 Å². The number of amides is 1. The number of rotatable bonds is 18. The molecule has 0 aliphatic heterocycles. The Morgan fingerprint density at radius 3 is 2.00 bits per heavy atom. The Bertz CT molecular complexity index is 819. The maximum atomic E-state index is 13.1. The lowest BCUT2D eigenvalue weighted by molar-refractivity contribution is -0.138. The summed E-state index contributed by atoms with van der Waals surface area (Å²) in [7, 11) is 1.65. The molecule has 1 aromatic carbocycles. The van der Waals surface area contributed by atoms with E-state index >= 15 is 0 Å². The predicted molar refractivity (Wildman–Crippen MR) is 141 cm³/mol. The van der Waals surface area contributed by atoms with Crippen LogP contribution >= 0.6 is 0 Å². The number of benzene rings is 1. The maximum Gasteiger partial charge on any atom is 0.226 e. The summed E-state index contributed by atoms with van der Waals surface area (Å²) in [5.74, 6) is 0.930. The van der Waals surface area contributed by atoms with Gasteiger partial charge in [-0.2, -0.15) is 0 Å². The van der Waals surface area contributed by atoms with Crippen LogP contribution in [0.1, 0.15) is 57.4 Å². The van der Waals surface area contributed by atoms with Crippen molar-refractivity contribution in [1.82, 2.24) is 5.32 Å². The van der Waals surface area contributed by atoms with Crippen molar-refractivity contribution in [2.75, 3.05) is 66.5 Å². The molecule has 1 aromatic rings. The zero-order chi connectivity index (χ0) is 26.4. The van der Waals surface area contributed by atoms with Crippen LogP contribution in [0.3, 0.4) is 0 Å². The standard InChI is InChI=1S/C29H44FNO6/c1-3-24(22-30)23-37-26-6-4-25(5-7-26)28-8-11-29(12-9-28,13-10-28)27(32)31-14-15-34-18-19-36-21-20-35-17-16-33-2/h4-7,22H,3,8-21,23H2,1-2H3,(H,31,32)/b24-22+. The largest absolute Gasteiger partial charge is 0.489 e. The van der Waals surface area contributed by atoms with Crippen molar-refractivity contribution in [3.05, 3.63) is 41.7 Å². The second kappa shape index (κ2) is 15.4. The minimum atomic E-state index is -0.244. The van der Waals surface area contributed by atoms with Gasteiger partial charge in [-0.15, -0.1) is 0 Å². The van der Waals surface area contributed by atoms with Crippen molar-refractivity contribution in [2.24, 2.45) is 5.41 Å². The summed E-state index contributed by atoms with van der Waals surface area (Å²) in [5.41, 5.74) is 1.87. The Hall–Kier alpha value is -2.00. The van der Waals surface area contributed by atoms with E-state index in [-0.39, 0.29) is 23.3 Å². The van der Waals surface area contributed by atoms with E-state index in [0.717, 1.165) is 44.3 Å². The van der Waals surface area contributed by atoms with Crippen molar-refractivity contribution in [3.63, 3.8) is 0 Å². The number of carbonyl (C=O) groups excluding carboxylic acids is 1. The second-order valence-electron chi connectivity index (χ2n) is 10.1. The van der Waals surface area contributed by atoms with E-state index < -0.39 is 0 Å². The molecule has 1 amide bonds. The third kappa shape index (κ3) is 8.50. The summed E-state index contributed by atoms with van der Waals surface area (Å²) in [6, 6.07) is 8.27. The third-order valence-corrected chi connectivity index (χ3v) is 7.94. The molecule has 0 unspecified atom stereocenters. The number of nitrogens with one attached hydrogen (secondary N) is 1. The van der Waals surface area contributed by atoms with Crippen molar-refractivity contribution in [2.45, 2.75) is 57.3 Å². The van der Waals surface area contributed by atoms with Crippen molar-refractivity contribution in [1.29, 1.82) is 0 Å². The summed E-state index contributed by atoms with van der Waals surface area (Å²) < 4.78 is 39.8. The molecule has 2 bridgehead atoms. The number of halogens is 1. The molecule has 0 aromatic heterocycles. The van der Waals surface area contributed by atoms with E-state index in [1.807, 2.05) is 19.1 Å². The minimum absolute atomic E-state index is 0.145. The third-order valence-electron chi connectivity index (χ3n) is 7.94. The van der Waals surface area contributed by atoms with Gasteiger partial charge in [0.25, 0.3) is 0 Å². The molecule has 3 fully saturated rings. The van der Waals surface area contributed by atoms with Crippen LogP contribution in [0.15, 0.2) is 36.2 Å². The van der Waals surface area contributed by atoms with E-state index in [9.17, 15) is 9.18 Å². The van der Waals surface area contributed by atoms with Gasteiger partial charge in [0.1, 0.15) is 12.4 Å². The zero-order valence-electron chi connectivity index (χ0n) is 22.5. The number of ether oxygens (including phenoxy) is 5. The maximum absolute atomic E-state index is 13.1. The van der Waals surface area contributed by atoms with Crippen LogP contribution in [-0.2, 0) is 29.2 Å². The SMILES string of the molecule is CC/C(=C\F)COc1ccc(C23CCC(C(=O)NCCOCCOCCOCCOC)(CC2)CC3)cc1. The van der Waals surface area contributed by atoms with E-state index in [2.05, 4.69) is 17.4 Å². The first-order valence-electron chi connectivity index (χ1n) is 13.6. The van der Waals surface area contributed by atoms with Crippen LogP contribution in [0.5, 0.6) is 5.75 Å². The average molecular weight is 522 g/mol. The predicted octanol–water partition coefficient (Wildman–Crippen LogP) is 4.73. The van der Waals surface area contributed by atoms with Crippen molar-refractivity contribution >= 4 is 5.91 Å². The zero-order valence-corrected chi connectivity index (χ0v) is 22.5. The molecular weight excluding hydrogens is 477 g/mol. The fourth-order valence-corrected chi connectivity index (χ4v) is 5.36. The fraction of sp³-hybridized carbons (Fsp3) is 0.690. The minimum Gasteiger partial charge on any atom is -0.489 e. The Labute approximate surface area is 221 Å². The molecule has 0 saturated heterocycles. The van der Waals surface area contributed by atoms with Gasteiger partial charge in [-0.3, -0.25) is 4.79 Å². The van der Waals surface area contributed by atoms with Crippen LogP contribution in [0, 0.1) is 5.41 Å².